The summed E-state index contributed by atoms with van der Waals surface area (Å²) >= 11 is 5.93. The molecule has 4 aromatic rings. The lowest BCUT2D eigenvalue weighted by atomic mass is 10.2. The average molecular weight is 510 g/mol. The van der Waals surface area contributed by atoms with E-state index >= 15 is 0 Å². The molecule has 1 saturated carbocycles. The number of esters is 1. The molecule has 1 atom stereocenters. The Morgan fingerprint density at radius 3 is 2.75 bits per heavy atom. The molecule has 3 aromatic heterocycles. The van der Waals surface area contributed by atoms with Gasteiger partial charge in [0, 0.05) is 24.0 Å². The zero-order valence-electron chi connectivity index (χ0n) is 19.5. The van der Waals surface area contributed by atoms with Crippen molar-refractivity contribution in [2.24, 2.45) is 11.7 Å². The third kappa shape index (κ3) is 4.91. The Kier molecular flexibility index (Phi) is 6.62. The van der Waals surface area contributed by atoms with Crippen molar-refractivity contribution in [1.82, 2.24) is 19.2 Å². The highest BCUT2D eigenvalue weighted by Crippen LogP contribution is 2.36. The lowest BCUT2D eigenvalue weighted by Crippen LogP contribution is -2.30. The van der Waals surface area contributed by atoms with Gasteiger partial charge in [0.2, 0.25) is 0 Å². The standard InChI is InChI=1S/C25H24ClN5O5/c1-34-22-9-18(5-7-21(22)35-13-23(15-2-3-15)36-24(32)10-27)30-14-29-31-12-16(8-20(31)25(30)33)19-6-4-17(26)11-28-19/h4-9,11-12,14-15,23H,2-3,10,13,27H2,1H3. The molecular weight excluding hydrogens is 486 g/mol. The summed E-state index contributed by atoms with van der Waals surface area (Å²) in [5, 5.41) is 4.91. The summed E-state index contributed by atoms with van der Waals surface area (Å²) in [6.45, 7) is 0.0129. The molecule has 0 aliphatic heterocycles. The van der Waals surface area contributed by atoms with E-state index in [1.165, 1.54) is 22.5 Å². The quantitative estimate of drug-likeness (QED) is 0.342. The molecule has 1 aromatic carbocycles. The van der Waals surface area contributed by atoms with E-state index in [1.54, 1.807) is 48.8 Å². The summed E-state index contributed by atoms with van der Waals surface area (Å²) in [5.74, 6) is 0.717. The molecule has 0 saturated heterocycles. The van der Waals surface area contributed by atoms with E-state index in [4.69, 9.17) is 31.5 Å². The highest BCUT2D eigenvalue weighted by molar-refractivity contribution is 6.30. The Hall–Kier alpha value is -3.89. The Bertz CT molecular complexity index is 1460. The number of ether oxygens (including phenoxy) is 3. The predicted molar refractivity (Wildman–Crippen MR) is 133 cm³/mol. The fourth-order valence-corrected chi connectivity index (χ4v) is 4.02. The van der Waals surface area contributed by atoms with Gasteiger partial charge >= 0.3 is 5.97 Å². The van der Waals surface area contributed by atoms with E-state index in [1.807, 2.05) is 0 Å². The molecule has 36 heavy (non-hydrogen) atoms. The maximum atomic E-state index is 13.3. The topological polar surface area (TPSA) is 123 Å². The third-order valence-electron chi connectivity index (χ3n) is 5.98. The van der Waals surface area contributed by atoms with Gasteiger partial charge in [-0.3, -0.25) is 19.1 Å². The smallest absolute Gasteiger partial charge is 0.320 e. The van der Waals surface area contributed by atoms with Crippen LogP contribution in [0.1, 0.15) is 12.8 Å². The van der Waals surface area contributed by atoms with Crippen LogP contribution in [0.5, 0.6) is 11.5 Å². The van der Waals surface area contributed by atoms with Crippen molar-refractivity contribution in [1.29, 1.82) is 0 Å². The number of nitrogens with zero attached hydrogens (tertiary/aromatic N) is 4. The fraction of sp³-hybridized carbons (Fsp3) is 0.280. The summed E-state index contributed by atoms with van der Waals surface area (Å²) in [4.78, 5) is 29.2. The van der Waals surface area contributed by atoms with Gasteiger partial charge in [0.05, 0.1) is 30.1 Å². The van der Waals surface area contributed by atoms with Gasteiger partial charge in [-0.25, -0.2) is 4.52 Å². The molecule has 5 rings (SSSR count). The average Bonchev–Trinajstić information content (AvgIpc) is 3.65. The zero-order valence-corrected chi connectivity index (χ0v) is 20.2. The zero-order chi connectivity index (χ0) is 25.2. The van der Waals surface area contributed by atoms with Crippen molar-refractivity contribution >= 4 is 23.1 Å². The number of benzene rings is 1. The number of nitrogens with two attached hydrogens (primary N) is 1. The highest BCUT2D eigenvalue weighted by atomic mass is 35.5. The largest absolute Gasteiger partial charge is 0.493 e. The Labute approximate surface area is 211 Å². The van der Waals surface area contributed by atoms with Gasteiger partial charge < -0.3 is 19.9 Å². The number of halogens is 1. The molecule has 3 heterocycles. The molecule has 0 spiro atoms. The molecule has 10 nitrogen and oxygen atoms in total. The highest BCUT2D eigenvalue weighted by Gasteiger charge is 2.34. The van der Waals surface area contributed by atoms with E-state index in [2.05, 4.69) is 10.1 Å². The molecular formula is C25H24ClN5O5. The maximum absolute atomic E-state index is 13.3. The van der Waals surface area contributed by atoms with Crippen LogP contribution in [-0.2, 0) is 9.53 Å². The van der Waals surface area contributed by atoms with Gasteiger partial charge in [0.1, 0.15) is 24.6 Å². The van der Waals surface area contributed by atoms with Crippen molar-refractivity contribution in [3.05, 3.63) is 70.5 Å². The number of carbonyl (C=O) groups excluding carboxylic acids is 1. The normalized spacial score (nSPS) is 14.0. The van der Waals surface area contributed by atoms with Crippen LogP contribution in [-0.4, -0.2) is 51.5 Å². The molecule has 186 valence electrons. The van der Waals surface area contributed by atoms with Crippen LogP contribution in [0, 0.1) is 5.92 Å². The minimum absolute atomic E-state index is 0.173. The van der Waals surface area contributed by atoms with Crippen LogP contribution >= 0.6 is 11.6 Å². The summed E-state index contributed by atoms with van der Waals surface area (Å²) < 4.78 is 19.8. The van der Waals surface area contributed by atoms with Crippen LogP contribution in [0.4, 0.5) is 0 Å². The van der Waals surface area contributed by atoms with Gasteiger partial charge in [0.15, 0.2) is 11.5 Å². The first-order valence-corrected chi connectivity index (χ1v) is 11.8. The van der Waals surface area contributed by atoms with Gasteiger partial charge in [-0.2, -0.15) is 5.10 Å². The van der Waals surface area contributed by atoms with E-state index in [-0.39, 0.29) is 30.7 Å². The van der Waals surface area contributed by atoms with Crippen molar-refractivity contribution in [2.75, 3.05) is 20.3 Å². The fourth-order valence-electron chi connectivity index (χ4n) is 3.91. The third-order valence-corrected chi connectivity index (χ3v) is 6.20. The minimum Gasteiger partial charge on any atom is -0.493 e. The number of hydrogen-bond donors (Lipinski definition) is 1. The SMILES string of the molecule is COc1cc(-n2cnn3cc(-c4ccc(Cl)cn4)cc3c2=O)ccc1OCC(OC(=O)CN)C1CC1. The second-order valence-electron chi connectivity index (χ2n) is 8.44. The van der Waals surface area contributed by atoms with Crippen molar-refractivity contribution in [3.63, 3.8) is 0 Å². The first kappa shape index (κ1) is 23.8. The summed E-state index contributed by atoms with van der Waals surface area (Å²) in [7, 11) is 1.52. The molecule has 2 N–H and O–H groups in total. The Morgan fingerprint density at radius 1 is 1.22 bits per heavy atom. The molecule has 1 fully saturated rings. The minimum atomic E-state index is -0.458. The molecule has 11 heteroatoms. The van der Waals surface area contributed by atoms with Crippen molar-refractivity contribution in [3.8, 4) is 28.4 Å². The Morgan fingerprint density at radius 2 is 2.06 bits per heavy atom. The molecule has 1 aliphatic rings. The molecule has 1 aliphatic carbocycles. The maximum Gasteiger partial charge on any atom is 0.320 e. The number of carbonyl (C=O) groups is 1. The molecule has 0 radical (unpaired) electrons. The van der Waals surface area contributed by atoms with Gasteiger partial charge in [0.25, 0.3) is 5.56 Å². The number of fused-ring (bicyclic) bond motifs is 1. The van der Waals surface area contributed by atoms with Crippen LogP contribution in [0.3, 0.4) is 0 Å². The lowest BCUT2D eigenvalue weighted by molar-refractivity contribution is -0.150. The van der Waals surface area contributed by atoms with Crippen LogP contribution < -0.4 is 20.8 Å². The van der Waals surface area contributed by atoms with Gasteiger partial charge in [-0.05, 0) is 49.1 Å². The second-order valence-corrected chi connectivity index (χ2v) is 8.88. The van der Waals surface area contributed by atoms with Crippen molar-refractivity contribution in [2.45, 2.75) is 18.9 Å². The summed E-state index contributed by atoms with van der Waals surface area (Å²) in [5.41, 5.74) is 7.48. The Balaban J connectivity index is 1.40. The van der Waals surface area contributed by atoms with E-state index in [0.717, 1.165) is 18.4 Å². The number of methoxy groups -OCH3 is 1. The summed E-state index contributed by atoms with van der Waals surface area (Å²) in [6, 6.07) is 10.4. The molecule has 1 unspecified atom stereocenters. The van der Waals surface area contributed by atoms with E-state index in [9.17, 15) is 9.59 Å². The number of pyridine rings is 1. The molecule has 0 amide bonds. The lowest BCUT2D eigenvalue weighted by Gasteiger charge is -2.19. The monoisotopic (exact) mass is 509 g/mol. The van der Waals surface area contributed by atoms with Crippen LogP contribution in [0.25, 0.3) is 22.5 Å². The number of rotatable bonds is 9. The predicted octanol–water partition coefficient (Wildman–Crippen LogP) is 2.87. The van der Waals surface area contributed by atoms with Gasteiger partial charge in [-0.15, -0.1) is 0 Å². The number of hydrogen-bond acceptors (Lipinski definition) is 8. The van der Waals surface area contributed by atoms with Crippen molar-refractivity contribution < 1.29 is 19.0 Å². The van der Waals surface area contributed by atoms with Crippen LogP contribution in [0.15, 0.2) is 59.9 Å². The first-order valence-electron chi connectivity index (χ1n) is 11.4. The van der Waals surface area contributed by atoms with Crippen LogP contribution in [0.2, 0.25) is 5.02 Å². The van der Waals surface area contributed by atoms with E-state index < -0.39 is 5.97 Å². The second kappa shape index (κ2) is 10.00. The van der Waals surface area contributed by atoms with E-state index in [0.29, 0.717) is 33.4 Å². The van der Waals surface area contributed by atoms with Gasteiger partial charge in [-0.1, -0.05) is 11.6 Å². The molecule has 0 bridgehead atoms. The number of aromatic nitrogens is 4. The summed E-state index contributed by atoms with van der Waals surface area (Å²) in [6.07, 6.45) is 6.34. The first-order chi connectivity index (χ1) is 17.5.